The summed E-state index contributed by atoms with van der Waals surface area (Å²) in [6.07, 6.45) is 1.23. The van der Waals surface area contributed by atoms with E-state index >= 15 is 0 Å². The molecule has 1 fully saturated rings. The molecule has 4 heteroatoms. The monoisotopic (exact) mass is 299 g/mol. The van der Waals surface area contributed by atoms with E-state index in [4.69, 9.17) is 0 Å². The maximum atomic E-state index is 9.68. The van der Waals surface area contributed by atoms with Gasteiger partial charge < -0.3 is 15.1 Å². The Labute approximate surface area is 110 Å². The summed E-state index contributed by atoms with van der Waals surface area (Å²) < 4.78 is 0.977. The third kappa shape index (κ3) is 3.00. The molecule has 0 aromatic heterocycles. The molecule has 1 unspecified atom stereocenters. The van der Waals surface area contributed by atoms with Crippen molar-refractivity contribution in [3.63, 3.8) is 0 Å². The molecule has 1 aromatic carbocycles. The van der Waals surface area contributed by atoms with Gasteiger partial charge in [0.2, 0.25) is 0 Å². The molecule has 1 saturated heterocycles. The van der Waals surface area contributed by atoms with Crippen LogP contribution in [0.4, 0.5) is 5.69 Å². The molecule has 3 nitrogen and oxygen atoms in total. The lowest BCUT2D eigenvalue weighted by molar-refractivity contribution is 0.154. The fourth-order valence-corrected chi connectivity index (χ4v) is 2.86. The molecule has 0 spiro atoms. The van der Waals surface area contributed by atoms with Crippen molar-refractivity contribution in [2.45, 2.75) is 32.0 Å². The van der Waals surface area contributed by atoms with E-state index in [2.05, 4.69) is 20.8 Å². The molecule has 1 heterocycles. The van der Waals surface area contributed by atoms with Crippen molar-refractivity contribution in [2.75, 3.05) is 18.0 Å². The molecule has 0 bridgehead atoms. The molecule has 2 N–H and O–H groups in total. The molecule has 2 atom stereocenters. The number of aliphatic hydroxyl groups excluding tert-OH is 2. The number of nitrogens with zero attached hydrogens (tertiary/aromatic N) is 1. The van der Waals surface area contributed by atoms with Crippen molar-refractivity contribution < 1.29 is 10.2 Å². The maximum Gasteiger partial charge on any atom is 0.0762 e. The van der Waals surface area contributed by atoms with E-state index in [1.54, 1.807) is 6.92 Å². The Bertz CT molecular complexity index is 395. The molecule has 0 saturated carbocycles. The van der Waals surface area contributed by atoms with Gasteiger partial charge in [0.15, 0.2) is 0 Å². The fourth-order valence-electron chi connectivity index (χ4n) is 2.21. The predicted molar refractivity (Wildman–Crippen MR) is 72.2 cm³/mol. The Balaban J connectivity index is 2.21. The molecule has 1 aliphatic heterocycles. The average Bonchev–Trinajstić information content (AvgIpc) is 2.28. The molecule has 17 heavy (non-hydrogen) atoms. The van der Waals surface area contributed by atoms with Gasteiger partial charge in [-0.05, 0) is 53.4 Å². The van der Waals surface area contributed by atoms with Gasteiger partial charge in [0.25, 0.3) is 0 Å². The standard InChI is InChI=1S/C13H18BrNO2/c1-9(16)10-4-5-13(12(14)7-10)15-6-2-3-11(17)8-15/h4-5,7,9,11,16-17H,2-3,6,8H2,1H3/t9-,11?/m0/s1. The number of anilines is 1. The quantitative estimate of drug-likeness (QED) is 0.882. The van der Waals surface area contributed by atoms with Gasteiger partial charge in [-0.15, -0.1) is 0 Å². The maximum absolute atomic E-state index is 9.68. The minimum absolute atomic E-state index is 0.230. The Kier molecular flexibility index (Phi) is 4.07. The largest absolute Gasteiger partial charge is 0.391 e. The fraction of sp³-hybridized carbons (Fsp3) is 0.538. The SMILES string of the molecule is C[C@H](O)c1ccc(N2CCCC(O)C2)c(Br)c1. The van der Waals surface area contributed by atoms with Crippen LogP contribution in [0.1, 0.15) is 31.4 Å². The number of β-amino-alcohol motifs (C(OH)–C–C–N with tert-alkyl or cyclic N) is 1. The van der Waals surface area contributed by atoms with Gasteiger partial charge in [-0.2, -0.15) is 0 Å². The molecule has 1 aromatic rings. The van der Waals surface area contributed by atoms with Gasteiger partial charge in [-0.1, -0.05) is 6.07 Å². The van der Waals surface area contributed by atoms with Crippen LogP contribution in [0.5, 0.6) is 0 Å². The van der Waals surface area contributed by atoms with Crippen LogP contribution in [0, 0.1) is 0 Å². The first kappa shape index (κ1) is 12.9. The molecule has 1 aliphatic rings. The van der Waals surface area contributed by atoms with Crippen LogP contribution in [-0.4, -0.2) is 29.4 Å². The van der Waals surface area contributed by atoms with Crippen molar-refractivity contribution in [1.82, 2.24) is 0 Å². The first-order valence-electron chi connectivity index (χ1n) is 5.98. The lowest BCUT2D eigenvalue weighted by Gasteiger charge is -2.32. The van der Waals surface area contributed by atoms with E-state index in [9.17, 15) is 10.2 Å². The Morgan fingerprint density at radius 3 is 2.82 bits per heavy atom. The number of piperidine rings is 1. The number of hydrogen-bond acceptors (Lipinski definition) is 3. The molecular weight excluding hydrogens is 282 g/mol. The normalized spacial score (nSPS) is 22.6. The molecular formula is C13H18BrNO2. The summed E-state index contributed by atoms with van der Waals surface area (Å²) >= 11 is 3.54. The van der Waals surface area contributed by atoms with Crippen LogP contribution in [0.15, 0.2) is 22.7 Å². The van der Waals surface area contributed by atoms with E-state index in [0.29, 0.717) is 6.54 Å². The van der Waals surface area contributed by atoms with Gasteiger partial charge in [0.1, 0.15) is 0 Å². The van der Waals surface area contributed by atoms with E-state index in [-0.39, 0.29) is 6.10 Å². The second kappa shape index (κ2) is 5.38. The van der Waals surface area contributed by atoms with Gasteiger partial charge in [-0.3, -0.25) is 0 Å². The van der Waals surface area contributed by atoms with Gasteiger partial charge in [0, 0.05) is 17.6 Å². The Hall–Kier alpha value is -0.580. The highest BCUT2D eigenvalue weighted by atomic mass is 79.9. The second-order valence-electron chi connectivity index (χ2n) is 4.63. The number of hydrogen-bond donors (Lipinski definition) is 2. The second-order valence-corrected chi connectivity index (χ2v) is 5.48. The van der Waals surface area contributed by atoms with Gasteiger partial charge in [0.05, 0.1) is 17.9 Å². The molecule has 0 aliphatic carbocycles. The van der Waals surface area contributed by atoms with Crippen LogP contribution in [0.25, 0.3) is 0 Å². The summed E-state index contributed by atoms with van der Waals surface area (Å²) in [6, 6.07) is 5.89. The van der Waals surface area contributed by atoms with Crippen molar-refractivity contribution >= 4 is 21.6 Å². The Morgan fingerprint density at radius 1 is 1.47 bits per heavy atom. The average molecular weight is 300 g/mol. The summed E-state index contributed by atoms with van der Waals surface area (Å²) in [4.78, 5) is 2.18. The highest BCUT2D eigenvalue weighted by Crippen LogP contribution is 2.31. The third-order valence-corrected chi connectivity index (χ3v) is 3.83. The first-order chi connectivity index (χ1) is 8.08. The van der Waals surface area contributed by atoms with Crippen LogP contribution in [-0.2, 0) is 0 Å². The van der Waals surface area contributed by atoms with Crippen LogP contribution in [0.3, 0.4) is 0 Å². The lowest BCUT2D eigenvalue weighted by Crippen LogP contribution is -2.38. The number of halogens is 1. The van der Waals surface area contributed by atoms with Crippen LogP contribution in [0.2, 0.25) is 0 Å². The number of rotatable bonds is 2. The van der Waals surface area contributed by atoms with Crippen LogP contribution >= 0.6 is 15.9 Å². The Morgan fingerprint density at radius 2 is 2.24 bits per heavy atom. The zero-order chi connectivity index (χ0) is 12.4. The first-order valence-corrected chi connectivity index (χ1v) is 6.77. The van der Waals surface area contributed by atoms with Gasteiger partial charge in [-0.25, -0.2) is 0 Å². The van der Waals surface area contributed by atoms with Crippen molar-refractivity contribution in [3.05, 3.63) is 28.2 Å². The summed E-state index contributed by atoms with van der Waals surface area (Å²) in [6.45, 7) is 3.42. The summed E-state index contributed by atoms with van der Waals surface area (Å²) in [5, 5.41) is 19.2. The molecule has 94 valence electrons. The minimum Gasteiger partial charge on any atom is -0.391 e. The highest BCUT2D eigenvalue weighted by Gasteiger charge is 2.19. The van der Waals surface area contributed by atoms with Crippen molar-refractivity contribution in [3.8, 4) is 0 Å². The lowest BCUT2D eigenvalue weighted by atomic mass is 10.1. The van der Waals surface area contributed by atoms with E-state index in [0.717, 1.165) is 35.1 Å². The number of benzene rings is 1. The predicted octanol–water partition coefficient (Wildman–Crippen LogP) is 2.46. The van der Waals surface area contributed by atoms with E-state index < -0.39 is 6.10 Å². The zero-order valence-electron chi connectivity index (χ0n) is 9.93. The van der Waals surface area contributed by atoms with Crippen molar-refractivity contribution in [1.29, 1.82) is 0 Å². The topological polar surface area (TPSA) is 43.7 Å². The third-order valence-electron chi connectivity index (χ3n) is 3.19. The van der Waals surface area contributed by atoms with Gasteiger partial charge >= 0.3 is 0 Å². The molecule has 0 radical (unpaired) electrons. The van der Waals surface area contributed by atoms with E-state index in [1.807, 2.05) is 18.2 Å². The zero-order valence-corrected chi connectivity index (χ0v) is 11.5. The highest BCUT2D eigenvalue weighted by molar-refractivity contribution is 9.10. The summed E-state index contributed by atoms with van der Waals surface area (Å²) in [5.41, 5.74) is 1.99. The van der Waals surface area contributed by atoms with Crippen molar-refractivity contribution in [2.24, 2.45) is 0 Å². The summed E-state index contributed by atoms with van der Waals surface area (Å²) in [7, 11) is 0. The molecule has 2 rings (SSSR count). The minimum atomic E-state index is -0.452. The summed E-state index contributed by atoms with van der Waals surface area (Å²) in [5.74, 6) is 0. The number of aliphatic hydroxyl groups is 2. The molecule has 0 amide bonds. The van der Waals surface area contributed by atoms with Crippen LogP contribution < -0.4 is 4.90 Å². The van der Waals surface area contributed by atoms with E-state index in [1.165, 1.54) is 0 Å². The smallest absolute Gasteiger partial charge is 0.0762 e.